The maximum Gasteiger partial charge on any atom is 0.248 e. The lowest BCUT2D eigenvalue weighted by atomic mass is 10.1. The van der Waals surface area contributed by atoms with Gasteiger partial charge in [0, 0.05) is 40.8 Å². The Labute approximate surface area is 160 Å². The molecule has 0 fully saturated rings. The topological polar surface area (TPSA) is 104 Å². The zero-order chi connectivity index (χ0) is 18.9. The number of thiophene rings is 1. The van der Waals surface area contributed by atoms with Crippen molar-refractivity contribution in [3.63, 3.8) is 0 Å². The van der Waals surface area contributed by atoms with Gasteiger partial charge in [-0.25, -0.2) is 28.5 Å². The second-order valence-electron chi connectivity index (χ2n) is 6.27. The summed E-state index contributed by atoms with van der Waals surface area (Å²) in [5, 5.41) is 5.75. The molecule has 0 aromatic carbocycles. The summed E-state index contributed by atoms with van der Waals surface area (Å²) in [6.45, 7) is 4.54. The van der Waals surface area contributed by atoms with Crippen molar-refractivity contribution >= 4 is 33.0 Å². The van der Waals surface area contributed by atoms with Crippen molar-refractivity contribution in [1.82, 2.24) is 19.5 Å². The summed E-state index contributed by atoms with van der Waals surface area (Å²) >= 11 is 7.15. The van der Waals surface area contributed by atoms with E-state index in [4.69, 9.17) is 16.7 Å². The number of primary sulfonamides is 1. The molecule has 0 bridgehead atoms. The number of rotatable bonds is 6. The molecule has 7 nitrogen and oxygen atoms in total. The Balaban J connectivity index is 1.93. The van der Waals surface area contributed by atoms with E-state index in [0.29, 0.717) is 34.7 Å². The largest absolute Gasteiger partial charge is 0.314 e. The summed E-state index contributed by atoms with van der Waals surface area (Å²) in [5.41, 5.74) is 1.15. The van der Waals surface area contributed by atoms with Crippen molar-refractivity contribution in [2.75, 3.05) is 0 Å². The highest BCUT2D eigenvalue weighted by molar-refractivity contribution is 7.91. The highest BCUT2D eigenvalue weighted by atomic mass is 35.5. The molecule has 3 aromatic heterocycles. The predicted molar refractivity (Wildman–Crippen MR) is 102 cm³/mol. The lowest BCUT2D eigenvalue weighted by molar-refractivity contribution is 0.600. The number of halogens is 1. The molecule has 0 aliphatic heterocycles. The number of hydrogen-bond donors (Lipinski definition) is 1. The summed E-state index contributed by atoms with van der Waals surface area (Å²) in [6, 6.07) is 1.86. The van der Waals surface area contributed by atoms with Crippen LogP contribution in [0, 0.1) is 5.92 Å². The van der Waals surface area contributed by atoms with Gasteiger partial charge in [0.15, 0.2) is 0 Å². The SMILES string of the molecule is CC(C)Cc1cc(-c2cnc(Cn3ccnc3Cl)nc2)c(S(N)(=O)=O)s1. The molecule has 0 unspecified atom stereocenters. The van der Waals surface area contributed by atoms with Gasteiger partial charge < -0.3 is 4.57 Å². The first kappa shape index (κ1) is 19.0. The van der Waals surface area contributed by atoms with E-state index in [9.17, 15) is 8.42 Å². The third kappa shape index (κ3) is 4.29. The van der Waals surface area contributed by atoms with Gasteiger partial charge in [-0.2, -0.15) is 0 Å². The van der Waals surface area contributed by atoms with E-state index in [-0.39, 0.29) is 4.21 Å². The van der Waals surface area contributed by atoms with Crippen molar-refractivity contribution in [3.05, 3.63) is 46.8 Å². The fourth-order valence-electron chi connectivity index (χ4n) is 2.50. The van der Waals surface area contributed by atoms with E-state index >= 15 is 0 Å². The molecule has 3 heterocycles. The van der Waals surface area contributed by atoms with Gasteiger partial charge in [-0.05, 0) is 30.0 Å². The van der Waals surface area contributed by atoms with Crippen LogP contribution in [0.5, 0.6) is 0 Å². The van der Waals surface area contributed by atoms with Gasteiger partial charge >= 0.3 is 0 Å². The average molecular weight is 412 g/mol. The first-order chi connectivity index (χ1) is 12.2. The van der Waals surface area contributed by atoms with Crippen LogP contribution in [0.1, 0.15) is 24.5 Å². The Kier molecular flexibility index (Phi) is 5.42. The van der Waals surface area contributed by atoms with Crippen LogP contribution >= 0.6 is 22.9 Å². The molecular formula is C16H18ClN5O2S2. The minimum atomic E-state index is -3.82. The molecule has 0 spiro atoms. The Bertz CT molecular complexity index is 1010. The monoisotopic (exact) mass is 411 g/mol. The molecule has 0 aliphatic carbocycles. The molecule has 2 N–H and O–H groups in total. The molecule has 0 amide bonds. The summed E-state index contributed by atoms with van der Waals surface area (Å²) in [7, 11) is -3.82. The van der Waals surface area contributed by atoms with Crippen molar-refractivity contribution < 1.29 is 8.42 Å². The summed E-state index contributed by atoms with van der Waals surface area (Å²) in [4.78, 5) is 13.5. The Hall–Kier alpha value is -1.81. The molecule has 0 saturated heterocycles. The number of hydrogen-bond acceptors (Lipinski definition) is 6. The Morgan fingerprint density at radius 1 is 1.27 bits per heavy atom. The minimum absolute atomic E-state index is 0.141. The summed E-state index contributed by atoms with van der Waals surface area (Å²) < 4.78 is 25.8. The normalized spacial score (nSPS) is 12.0. The molecule has 0 aliphatic rings. The molecule has 0 saturated carbocycles. The Morgan fingerprint density at radius 3 is 2.50 bits per heavy atom. The predicted octanol–water partition coefficient (Wildman–Crippen LogP) is 2.95. The smallest absolute Gasteiger partial charge is 0.248 e. The lowest BCUT2D eigenvalue weighted by Crippen LogP contribution is -2.11. The third-order valence-corrected chi connectivity index (χ3v) is 6.56. The van der Waals surface area contributed by atoms with Crippen LogP contribution in [0.3, 0.4) is 0 Å². The third-order valence-electron chi connectivity index (χ3n) is 3.61. The Morgan fingerprint density at radius 2 is 1.96 bits per heavy atom. The second-order valence-corrected chi connectivity index (χ2v) is 9.50. The zero-order valence-corrected chi connectivity index (χ0v) is 16.6. The fraction of sp³-hybridized carbons (Fsp3) is 0.312. The fourth-order valence-corrected chi connectivity index (χ4v) is 5.06. The van der Waals surface area contributed by atoms with Gasteiger partial charge in [-0.3, -0.25) is 0 Å². The van der Waals surface area contributed by atoms with Crippen LogP contribution in [-0.2, 0) is 23.0 Å². The molecule has 138 valence electrons. The lowest BCUT2D eigenvalue weighted by Gasteiger charge is -2.05. The molecule has 10 heteroatoms. The van der Waals surface area contributed by atoms with Crippen LogP contribution in [0.15, 0.2) is 35.1 Å². The van der Waals surface area contributed by atoms with E-state index in [1.165, 1.54) is 11.3 Å². The van der Waals surface area contributed by atoms with Crippen LogP contribution in [0.2, 0.25) is 5.28 Å². The van der Waals surface area contributed by atoms with E-state index in [1.807, 2.05) is 6.07 Å². The molecule has 3 rings (SSSR count). The van der Waals surface area contributed by atoms with Gasteiger partial charge in [-0.15, -0.1) is 11.3 Å². The molecule has 26 heavy (non-hydrogen) atoms. The summed E-state index contributed by atoms with van der Waals surface area (Å²) in [5.74, 6) is 0.955. The van der Waals surface area contributed by atoms with E-state index in [0.717, 1.165) is 11.3 Å². The maximum absolute atomic E-state index is 12.0. The van der Waals surface area contributed by atoms with Gasteiger partial charge in [0.1, 0.15) is 10.0 Å². The van der Waals surface area contributed by atoms with Crippen LogP contribution in [0.25, 0.3) is 11.1 Å². The highest BCUT2D eigenvalue weighted by Crippen LogP contribution is 2.35. The van der Waals surface area contributed by atoms with Crippen LogP contribution in [0.4, 0.5) is 0 Å². The first-order valence-electron chi connectivity index (χ1n) is 7.87. The van der Waals surface area contributed by atoms with Crippen LogP contribution in [-0.4, -0.2) is 27.9 Å². The van der Waals surface area contributed by atoms with Gasteiger partial charge in [0.2, 0.25) is 15.3 Å². The van der Waals surface area contributed by atoms with E-state index < -0.39 is 10.0 Å². The van der Waals surface area contributed by atoms with Crippen LogP contribution < -0.4 is 5.14 Å². The maximum atomic E-state index is 12.0. The van der Waals surface area contributed by atoms with Crippen molar-refractivity contribution in [2.45, 2.75) is 31.0 Å². The number of aromatic nitrogens is 4. The number of imidazole rings is 1. The van der Waals surface area contributed by atoms with Gasteiger partial charge in [0.25, 0.3) is 0 Å². The minimum Gasteiger partial charge on any atom is -0.314 e. The zero-order valence-electron chi connectivity index (χ0n) is 14.3. The molecular weight excluding hydrogens is 394 g/mol. The molecule has 0 radical (unpaired) electrons. The van der Waals surface area contributed by atoms with Crippen molar-refractivity contribution in [2.24, 2.45) is 11.1 Å². The first-order valence-corrected chi connectivity index (χ1v) is 10.6. The van der Waals surface area contributed by atoms with E-state index in [1.54, 1.807) is 29.4 Å². The molecule has 0 atom stereocenters. The highest BCUT2D eigenvalue weighted by Gasteiger charge is 2.21. The quantitative estimate of drug-likeness (QED) is 0.671. The van der Waals surface area contributed by atoms with E-state index in [2.05, 4.69) is 28.8 Å². The van der Waals surface area contributed by atoms with Gasteiger partial charge in [-0.1, -0.05) is 13.8 Å². The number of nitrogens with zero attached hydrogens (tertiary/aromatic N) is 4. The van der Waals surface area contributed by atoms with Gasteiger partial charge in [0.05, 0.1) is 6.54 Å². The number of nitrogens with two attached hydrogens (primary N) is 1. The molecule has 3 aromatic rings. The standard InChI is InChI=1S/C16H18ClN5O2S2/c1-10(2)5-12-6-13(15(25-12)26(18,23)24)11-7-20-14(21-8-11)9-22-4-3-19-16(22)17/h3-4,6-8,10H,5,9H2,1-2H3,(H2,18,23,24). The number of sulfonamides is 1. The second kappa shape index (κ2) is 7.43. The average Bonchev–Trinajstić information content (AvgIpc) is 3.14. The van der Waals surface area contributed by atoms with Crippen molar-refractivity contribution in [3.8, 4) is 11.1 Å². The van der Waals surface area contributed by atoms with Crippen molar-refractivity contribution in [1.29, 1.82) is 0 Å². The summed E-state index contributed by atoms with van der Waals surface area (Å²) in [6.07, 6.45) is 7.31.